The van der Waals surface area contributed by atoms with Crippen LogP contribution in [0.1, 0.15) is 113 Å². The molecule has 2 saturated heterocycles. The Balaban J connectivity index is 1.20. The van der Waals surface area contributed by atoms with Crippen molar-refractivity contribution >= 4 is 5.97 Å². The summed E-state index contributed by atoms with van der Waals surface area (Å²) >= 11 is 0. The number of hydrogen-bond acceptors (Lipinski definition) is 13. The Kier molecular flexibility index (Phi) is 12.1. The van der Waals surface area contributed by atoms with E-state index in [1.165, 1.54) is 5.57 Å². The van der Waals surface area contributed by atoms with Crippen LogP contribution in [0, 0.1) is 39.4 Å². The first kappa shape index (κ1) is 43.3. The van der Waals surface area contributed by atoms with Crippen molar-refractivity contribution in [2.45, 2.75) is 186 Å². The molecular weight excluding hydrogens is 716 g/mol. The predicted octanol–water partition coefficient (Wildman–Crippen LogP) is 2.00. The fourth-order valence-electron chi connectivity index (χ4n) is 12.6. The van der Waals surface area contributed by atoms with Crippen molar-refractivity contribution in [2.75, 3.05) is 13.2 Å². The van der Waals surface area contributed by atoms with Gasteiger partial charge in [0.15, 0.2) is 12.6 Å². The Bertz CT molecular complexity index is 1430. The van der Waals surface area contributed by atoms with Gasteiger partial charge in [0.1, 0.15) is 42.7 Å². The number of allylic oxidation sites excluding steroid dienone is 1. The van der Waals surface area contributed by atoms with E-state index in [-0.39, 0.29) is 35.9 Å². The molecular formula is C41H68O14. The number of carboxylic acids is 1. The Morgan fingerprint density at radius 3 is 2.16 bits per heavy atom. The molecule has 14 heteroatoms. The maximum absolute atomic E-state index is 13.8. The summed E-state index contributed by atoms with van der Waals surface area (Å²) in [6, 6.07) is 0. The molecule has 316 valence electrons. The lowest BCUT2D eigenvalue weighted by Crippen LogP contribution is -2.62. The highest BCUT2D eigenvalue weighted by atomic mass is 16.7. The molecule has 6 rings (SSSR count). The van der Waals surface area contributed by atoms with Gasteiger partial charge in [-0.05, 0) is 112 Å². The second kappa shape index (κ2) is 15.4. The van der Waals surface area contributed by atoms with Crippen molar-refractivity contribution < 1.29 is 69.7 Å². The molecule has 0 amide bonds. The smallest absolute Gasteiger partial charge is 0.314 e. The van der Waals surface area contributed by atoms with Gasteiger partial charge in [-0.2, -0.15) is 0 Å². The number of ether oxygens (including phenoxy) is 4. The van der Waals surface area contributed by atoms with Crippen LogP contribution in [-0.4, -0.2) is 138 Å². The summed E-state index contributed by atoms with van der Waals surface area (Å²) < 4.78 is 23.7. The number of rotatable bonds is 11. The van der Waals surface area contributed by atoms with Crippen molar-refractivity contribution in [2.24, 2.45) is 39.4 Å². The Morgan fingerprint density at radius 2 is 1.53 bits per heavy atom. The molecule has 55 heavy (non-hydrogen) atoms. The van der Waals surface area contributed by atoms with Crippen molar-refractivity contribution in [3.8, 4) is 0 Å². The lowest BCUT2D eigenvalue weighted by molar-refractivity contribution is -0.325. The number of aliphatic hydroxyl groups is 8. The summed E-state index contributed by atoms with van der Waals surface area (Å²) in [4.78, 5) is 13.8. The Morgan fingerprint density at radius 1 is 0.855 bits per heavy atom. The van der Waals surface area contributed by atoms with Crippen LogP contribution in [0.5, 0.6) is 0 Å². The summed E-state index contributed by atoms with van der Waals surface area (Å²) in [7, 11) is 0. The highest BCUT2D eigenvalue weighted by molar-refractivity contribution is 5.82. The summed E-state index contributed by atoms with van der Waals surface area (Å²) in [5, 5.41) is 94.1. The molecule has 0 radical (unpaired) electrons. The first-order valence-corrected chi connectivity index (χ1v) is 20.5. The van der Waals surface area contributed by atoms with Gasteiger partial charge in [0, 0.05) is 0 Å². The molecule has 0 spiro atoms. The first-order valence-electron chi connectivity index (χ1n) is 20.5. The molecule has 2 saturated carbocycles. The van der Waals surface area contributed by atoms with E-state index in [0.29, 0.717) is 32.1 Å². The van der Waals surface area contributed by atoms with E-state index in [1.54, 1.807) is 13.8 Å². The monoisotopic (exact) mass is 784 g/mol. The van der Waals surface area contributed by atoms with Gasteiger partial charge in [-0.25, -0.2) is 0 Å². The van der Waals surface area contributed by atoms with E-state index >= 15 is 0 Å². The molecule has 6 aliphatic rings. The summed E-state index contributed by atoms with van der Waals surface area (Å²) in [5.74, 6) is -0.436. The quantitative estimate of drug-likeness (QED) is 0.136. The minimum absolute atomic E-state index is 0.0901. The number of carboxylic acid groups (broad SMARTS) is 1. The molecule has 0 unspecified atom stereocenters. The number of fused-ring (bicyclic) bond motifs is 4. The molecule has 0 aromatic heterocycles. The third kappa shape index (κ3) is 7.05. The van der Waals surface area contributed by atoms with E-state index in [2.05, 4.69) is 34.6 Å². The molecule has 9 N–H and O–H groups in total. The second-order valence-electron chi connectivity index (χ2n) is 19.5. The van der Waals surface area contributed by atoms with Crippen LogP contribution in [0.4, 0.5) is 0 Å². The van der Waals surface area contributed by atoms with Crippen molar-refractivity contribution in [3.05, 3.63) is 11.1 Å². The van der Waals surface area contributed by atoms with Crippen LogP contribution in [0.2, 0.25) is 0 Å². The summed E-state index contributed by atoms with van der Waals surface area (Å²) in [6.45, 7) is 13.4. The predicted molar refractivity (Wildman–Crippen MR) is 197 cm³/mol. The van der Waals surface area contributed by atoms with Gasteiger partial charge >= 0.3 is 5.97 Å². The maximum atomic E-state index is 13.8. The average molecular weight is 785 g/mol. The molecule has 14 nitrogen and oxygen atoms in total. The topological polar surface area (TPSA) is 236 Å². The molecule has 0 aromatic rings. The number of aliphatic carboxylic acids is 1. The highest BCUT2D eigenvalue weighted by Gasteiger charge is 2.68. The standard InChI is InChI=1S/C41H68O14/c1-20(8-11-28(38(4,5)51)55-34-32(47)29(44)24(43)19-52-34)21-13-17-41(36(49)50)23-9-10-26-37(2,3)27(14-15-39(26,6)22(23)12-16-40(21,41)7)54-35-33(48)31(46)30(45)25(18-42)53-35/h20-21,24-35,42-48,51H,8-19H2,1-7H3,(H,49,50)/t20-,21-,24+,25-,26+,27-,28+,29+,30-,31+,32-,33-,34+,35+,39-,40-,41+/m1/s1. The fourth-order valence-corrected chi connectivity index (χ4v) is 12.6. The van der Waals surface area contributed by atoms with Gasteiger partial charge in [-0.15, -0.1) is 0 Å². The number of aliphatic hydroxyl groups excluding tert-OH is 7. The van der Waals surface area contributed by atoms with E-state index < -0.39 is 95.8 Å². The van der Waals surface area contributed by atoms with Gasteiger partial charge in [0.2, 0.25) is 0 Å². The highest BCUT2D eigenvalue weighted by Crippen LogP contribution is 2.73. The third-order valence-corrected chi connectivity index (χ3v) is 15.8. The largest absolute Gasteiger partial charge is 0.481 e. The summed E-state index contributed by atoms with van der Waals surface area (Å²) in [5.41, 5.74) is -1.15. The maximum Gasteiger partial charge on any atom is 0.314 e. The zero-order chi connectivity index (χ0) is 40.6. The minimum atomic E-state index is -1.52. The molecule has 17 atom stereocenters. The molecule has 0 aromatic carbocycles. The normalized spacial score (nSPS) is 47.0. The van der Waals surface area contributed by atoms with Gasteiger partial charge in [-0.3, -0.25) is 4.79 Å². The second-order valence-corrected chi connectivity index (χ2v) is 19.5. The molecule has 0 bridgehead atoms. The third-order valence-electron chi connectivity index (χ3n) is 15.8. The number of carbonyl (C=O) groups is 1. The molecule has 4 fully saturated rings. The van der Waals surface area contributed by atoms with E-state index in [0.717, 1.165) is 37.7 Å². The van der Waals surface area contributed by atoms with Crippen LogP contribution in [0.15, 0.2) is 11.1 Å². The molecule has 4 aliphatic carbocycles. The summed E-state index contributed by atoms with van der Waals surface area (Å²) in [6.07, 6.45) is -6.54. The van der Waals surface area contributed by atoms with E-state index in [4.69, 9.17) is 18.9 Å². The first-order chi connectivity index (χ1) is 25.6. The molecule has 2 aliphatic heterocycles. The van der Waals surface area contributed by atoms with E-state index in [9.17, 15) is 50.8 Å². The van der Waals surface area contributed by atoms with Gasteiger partial charge in [0.25, 0.3) is 0 Å². The van der Waals surface area contributed by atoms with E-state index in [1.807, 2.05) is 0 Å². The number of hydrogen-bond donors (Lipinski definition) is 9. The Hall–Kier alpha value is -1.27. The van der Waals surface area contributed by atoms with Crippen molar-refractivity contribution in [1.82, 2.24) is 0 Å². The lowest BCUT2D eigenvalue weighted by atomic mass is 9.43. The zero-order valence-corrected chi connectivity index (χ0v) is 33.6. The average Bonchev–Trinajstić information content (AvgIpc) is 3.44. The van der Waals surface area contributed by atoms with Crippen LogP contribution in [0.25, 0.3) is 0 Å². The van der Waals surface area contributed by atoms with Crippen molar-refractivity contribution in [1.29, 1.82) is 0 Å². The molecule has 2 heterocycles. The lowest BCUT2D eigenvalue weighted by Gasteiger charge is -2.62. The fraction of sp³-hybridized carbons (Fsp3) is 0.927. The van der Waals surface area contributed by atoms with Crippen molar-refractivity contribution in [3.63, 3.8) is 0 Å². The van der Waals surface area contributed by atoms with Gasteiger partial charge in [0.05, 0.1) is 36.4 Å². The minimum Gasteiger partial charge on any atom is -0.481 e. The van der Waals surface area contributed by atoms with Gasteiger partial charge < -0.3 is 64.9 Å². The van der Waals surface area contributed by atoms with Crippen LogP contribution < -0.4 is 0 Å². The van der Waals surface area contributed by atoms with Crippen LogP contribution in [0.3, 0.4) is 0 Å². The van der Waals surface area contributed by atoms with Crippen LogP contribution >= 0.6 is 0 Å². The Labute approximate surface area is 324 Å². The SMILES string of the molecule is C[C@H](CC[C@H](O[C@@H]1OC[C@H](O)[C@H](O)[C@H]1O)C(C)(C)O)[C@H]1CC[C@@]2(C(=O)O)C3=C(CC[C@]12C)[C@@]1(C)CC[C@@H](O[C@@H]2O[C@H](CO)[C@@H](O)[C@H](O)[C@H]2O)C(C)(C)[C@@H]1CC3. The zero-order valence-electron chi connectivity index (χ0n) is 33.6. The van der Waals surface area contributed by atoms with Gasteiger partial charge in [-0.1, -0.05) is 45.8 Å². The van der Waals surface area contributed by atoms with Crippen LogP contribution in [-0.2, 0) is 23.7 Å².